The molecule has 4 nitrogen and oxygen atoms in total. The van der Waals surface area contributed by atoms with Crippen LogP contribution in [0.1, 0.15) is 58.8 Å². The molecule has 4 aliphatic rings. The molecule has 0 aromatic heterocycles. The van der Waals surface area contributed by atoms with Gasteiger partial charge in [-0.3, -0.25) is 9.59 Å². The van der Waals surface area contributed by atoms with Gasteiger partial charge >= 0.3 is 11.9 Å². The zero-order valence-electron chi connectivity index (χ0n) is 16.5. The normalized spacial score (nSPS) is 37.6. The van der Waals surface area contributed by atoms with Crippen LogP contribution in [-0.4, -0.2) is 31.8 Å². The van der Waals surface area contributed by atoms with Crippen molar-refractivity contribution in [2.45, 2.75) is 84.0 Å². The smallest absolute Gasteiger partial charge is 0.311 e. The second-order valence-electron chi connectivity index (χ2n) is 10.3. The molecule has 4 bridgehead atoms. The van der Waals surface area contributed by atoms with Gasteiger partial charge in [0.1, 0.15) is 5.60 Å². The van der Waals surface area contributed by atoms with E-state index in [0.29, 0.717) is 24.5 Å². The minimum Gasteiger partial charge on any atom is -0.469 e. The first-order valence-corrected chi connectivity index (χ1v) is 13.7. The number of esters is 2. The quantitative estimate of drug-likeness (QED) is 0.518. The van der Waals surface area contributed by atoms with Crippen molar-refractivity contribution < 1.29 is 19.1 Å². The summed E-state index contributed by atoms with van der Waals surface area (Å²) in [6.07, 6.45) is 6.98. The zero-order valence-corrected chi connectivity index (χ0v) is 17.5. The molecule has 5 heteroatoms. The SMILES string of the molecule is CCC(C)C(=O)OC12CC3CC(C1)CC(C(=O)OC[Si](C)(C)C)(C3)C2. The maximum atomic E-state index is 13.0. The number of hydrogen-bond donors (Lipinski definition) is 0. The Morgan fingerprint density at radius 2 is 1.72 bits per heavy atom. The number of carbonyl (C=O) groups excluding carboxylic acids is 2. The van der Waals surface area contributed by atoms with Crippen LogP contribution in [0.25, 0.3) is 0 Å². The largest absolute Gasteiger partial charge is 0.469 e. The van der Waals surface area contributed by atoms with Gasteiger partial charge in [-0.2, -0.15) is 0 Å². The highest BCUT2D eigenvalue weighted by atomic mass is 28.3. The summed E-state index contributed by atoms with van der Waals surface area (Å²) in [6, 6.07) is 0. The van der Waals surface area contributed by atoms with Crippen LogP contribution in [0, 0.1) is 23.2 Å². The van der Waals surface area contributed by atoms with Crippen LogP contribution in [-0.2, 0) is 19.1 Å². The Morgan fingerprint density at radius 1 is 1.12 bits per heavy atom. The molecule has 0 aromatic carbocycles. The molecule has 0 aromatic rings. The third kappa shape index (κ3) is 3.81. The average Bonchev–Trinajstić information content (AvgIpc) is 2.49. The van der Waals surface area contributed by atoms with E-state index in [1.54, 1.807) is 0 Å². The van der Waals surface area contributed by atoms with Crippen molar-refractivity contribution in [2.75, 3.05) is 6.23 Å². The highest BCUT2D eigenvalue weighted by Gasteiger charge is 2.63. The van der Waals surface area contributed by atoms with E-state index in [1.807, 2.05) is 13.8 Å². The Bertz CT molecular complexity index is 536. The number of rotatable bonds is 6. The van der Waals surface area contributed by atoms with Gasteiger partial charge in [0.15, 0.2) is 0 Å². The standard InChI is InChI=1S/C20H34O4Si/c1-6-14(2)17(21)24-20-10-15-7-16(11-20)9-19(8-15,12-20)18(22)23-13-25(3,4)5/h14-16H,6-13H2,1-5H3. The minimum atomic E-state index is -1.43. The molecule has 4 fully saturated rings. The van der Waals surface area contributed by atoms with E-state index in [-0.39, 0.29) is 17.9 Å². The second-order valence-corrected chi connectivity index (χ2v) is 15.7. The lowest BCUT2D eigenvalue weighted by atomic mass is 9.48. The predicted molar refractivity (Wildman–Crippen MR) is 99.7 cm³/mol. The highest BCUT2D eigenvalue weighted by Crippen LogP contribution is 2.63. The summed E-state index contributed by atoms with van der Waals surface area (Å²) in [7, 11) is -1.43. The van der Waals surface area contributed by atoms with Crippen molar-refractivity contribution in [3.8, 4) is 0 Å². The summed E-state index contributed by atoms with van der Waals surface area (Å²) in [5, 5.41) is 0. The van der Waals surface area contributed by atoms with Crippen molar-refractivity contribution in [3.05, 3.63) is 0 Å². The van der Waals surface area contributed by atoms with Gasteiger partial charge < -0.3 is 9.47 Å². The first-order chi connectivity index (χ1) is 11.6. The molecule has 0 N–H and O–H groups in total. The number of hydrogen-bond acceptors (Lipinski definition) is 4. The molecule has 0 amide bonds. The molecule has 4 saturated carbocycles. The third-order valence-electron chi connectivity index (χ3n) is 6.41. The molecular formula is C20H34O4Si. The summed E-state index contributed by atoms with van der Waals surface area (Å²) in [4.78, 5) is 25.5. The monoisotopic (exact) mass is 366 g/mol. The van der Waals surface area contributed by atoms with E-state index in [0.717, 1.165) is 32.1 Å². The van der Waals surface area contributed by atoms with Gasteiger partial charge in [0.25, 0.3) is 0 Å². The molecule has 0 saturated heterocycles. The van der Waals surface area contributed by atoms with Crippen LogP contribution in [0.4, 0.5) is 0 Å². The van der Waals surface area contributed by atoms with Crippen LogP contribution >= 0.6 is 0 Å². The molecule has 0 aliphatic heterocycles. The summed E-state index contributed by atoms with van der Waals surface area (Å²) >= 11 is 0. The molecule has 4 rings (SSSR count). The van der Waals surface area contributed by atoms with E-state index in [2.05, 4.69) is 19.6 Å². The van der Waals surface area contributed by atoms with Crippen molar-refractivity contribution in [1.82, 2.24) is 0 Å². The van der Waals surface area contributed by atoms with E-state index in [4.69, 9.17) is 9.47 Å². The van der Waals surface area contributed by atoms with E-state index in [1.165, 1.54) is 6.42 Å². The first kappa shape index (κ1) is 18.9. The van der Waals surface area contributed by atoms with Gasteiger partial charge in [-0.25, -0.2) is 0 Å². The average molecular weight is 367 g/mol. The molecule has 0 spiro atoms. The molecule has 3 unspecified atom stereocenters. The Balaban J connectivity index is 1.76. The van der Waals surface area contributed by atoms with Crippen LogP contribution in [0.15, 0.2) is 0 Å². The fraction of sp³-hybridized carbons (Fsp3) is 0.900. The molecule has 25 heavy (non-hydrogen) atoms. The molecule has 0 radical (unpaired) electrons. The molecule has 142 valence electrons. The van der Waals surface area contributed by atoms with Crippen molar-refractivity contribution in [2.24, 2.45) is 23.2 Å². The summed E-state index contributed by atoms with van der Waals surface area (Å²) in [6.45, 7) is 10.6. The van der Waals surface area contributed by atoms with Crippen molar-refractivity contribution >= 4 is 20.0 Å². The first-order valence-electron chi connectivity index (χ1n) is 9.97. The Kier molecular flexibility index (Phi) is 4.84. The maximum Gasteiger partial charge on any atom is 0.311 e. The number of carbonyl (C=O) groups is 2. The Hall–Kier alpha value is -0.843. The van der Waals surface area contributed by atoms with E-state index < -0.39 is 19.1 Å². The number of ether oxygens (including phenoxy) is 2. The Labute approximate surface area is 153 Å². The topological polar surface area (TPSA) is 52.6 Å². The lowest BCUT2D eigenvalue weighted by Gasteiger charge is -2.60. The minimum absolute atomic E-state index is 0.0204. The molecule has 4 aliphatic carbocycles. The second kappa shape index (κ2) is 6.40. The van der Waals surface area contributed by atoms with Gasteiger partial charge in [-0.1, -0.05) is 33.5 Å². The van der Waals surface area contributed by atoms with Gasteiger partial charge in [0, 0.05) is 6.42 Å². The van der Waals surface area contributed by atoms with E-state index >= 15 is 0 Å². The van der Waals surface area contributed by atoms with Crippen LogP contribution in [0.5, 0.6) is 0 Å². The van der Waals surface area contributed by atoms with Crippen LogP contribution in [0.2, 0.25) is 19.6 Å². The molecular weight excluding hydrogens is 332 g/mol. The summed E-state index contributed by atoms with van der Waals surface area (Å²) in [5.74, 6) is 0.835. The van der Waals surface area contributed by atoms with Crippen molar-refractivity contribution in [1.29, 1.82) is 0 Å². The van der Waals surface area contributed by atoms with Gasteiger partial charge in [-0.05, 0) is 50.4 Å². The van der Waals surface area contributed by atoms with E-state index in [9.17, 15) is 9.59 Å². The van der Waals surface area contributed by atoms with Gasteiger partial charge in [-0.15, -0.1) is 0 Å². The van der Waals surface area contributed by atoms with Gasteiger partial charge in [0.2, 0.25) is 0 Å². The van der Waals surface area contributed by atoms with Crippen LogP contribution in [0.3, 0.4) is 0 Å². The van der Waals surface area contributed by atoms with Crippen molar-refractivity contribution in [3.63, 3.8) is 0 Å². The Morgan fingerprint density at radius 3 is 2.24 bits per heavy atom. The lowest BCUT2D eigenvalue weighted by molar-refractivity contribution is -0.214. The summed E-state index contributed by atoms with van der Waals surface area (Å²) < 4.78 is 11.9. The fourth-order valence-corrected chi connectivity index (χ4v) is 6.02. The third-order valence-corrected chi connectivity index (χ3v) is 7.42. The summed E-state index contributed by atoms with van der Waals surface area (Å²) in [5.41, 5.74) is -0.817. The van der Waals surface area contributed by atoms with Gasteiger partial charge in [0.05, 0.1) is 25.6 Å². The molecule has 3 atom stereocenters. The highest BCUT2D eigenvalue weighted by molar-refractivity contribution is 6.76. The predicted octanol–water partition coefficient (Wildman–Crippen LogP) is 4.34. The zero-order chi connectivity index (χ0) is 18.5. The lowest BCUT2D eigenvalue weighted by Crippen LogP contribution is -2.60. The fourth-order valence-electron chi connectivity index (χ4n) is 5.45. The maximum absolute atomic E-state index is 13.0. The molecule has 0 heterocycles. The van der Waals surface area contributed by atoms with Crippen LogP contribution < -0.4 is 0 Å².